The lowest BCUT2D eigenvalue weighted by atomic mass is 9.96. The van der Waals surface area contributed by atoms with Gasteiger partial charge in [0.25, 0.3) is 0 Å². The lowest BCUT2D eigenvalue weighted by Crippen LogP contribution is -2.47. The molecule has 2 unspecified atom stereocenters. The first-order chi connectivity index (χ1) is 9.83. The third kappa shape index (κ3) is 3.53. The van der Waals surface area contributed by atoms with Gasteiger partial charge in [0.05, 0.1) is 6.04 Å². The maximum Gasteiger partial charge on any atom is 0.237 e. The molecule has 3 fully saturated rings. The number of carbonyl (C=O) groups is 1. The van der Waals surface area contributed by atoms with Gasteiger partial charge in [0.1, 0.15) is 0 Å². The fourth-order valence-electron chi connectivity index (χ4n) is 4.14. The minimum atomic E-state index is 0.0736. The molecule has 0 radical (unpaired) electrons. The highest BCUT2D eigenvalue weighted by Crippen LogP contribution is 2.27. The summed E-state index contributed by atoms with van der Waals surface area (Å²) in [7, 11) is 0. The SMILES string of the molecule is O=C(NCC1CCCN(C2CCCC2)C1)C1CCCN1. The zero-order valence-corrected chi connectivity index (χ0v) is 12.6. The minimum Gasteiger partial charge on any atom is -0.354 e. The van der Waals surface area contributed by atoms with E-state index in [9.17, 15) is 4.79 Å². The standard InChI is InChI=1S/C16H29N3O/c20-16(15-8-3-9-17-15)18-11-13-5-4-10-19(12-13)14-6-1-2-7-14/h13-15,17H,1-12H2,(H,18,20). The van der Waals surface area contributed by atoms with Gasteiger partial charge in [-0.2, -0.15) is 0 Å². The molecular weight excluding hydrogens is 250 g/mol. The molecule has 1 amide bonds. The Morgan fingerprint density at radius 3 is 2.70 bits per heavy atom. The predicted octanol–water partition coefficient (Wildman–Crippen LogP) is 1.51. The number of piperidine rings is 1. The van der Waals surface area contributed by atoms with Crippen molar-refractivity contribution in [1.82, 2.24) is 15.5 Å². The monoisotopic (exact) mass is 279 g/mol. The van der Waals surface area contributed by atoms with Crippen molar-refractivity contribution in [2.45, 2.75) is 63.5 Å². The van der Waals surface area contributed by atoms with Gasteiger partial charge in [0.15, 0.2) is 0 Å². The molecule has 1 saturated carbocycles. The first kappa shape index (κ1) is 14.3. The Balaban J connectivity index is 1.41. The largest absolute Gasteiger partial charge is 0.354 e. The Hall–Kier alpha value is -0.610. The molecule has 1 aliphatic carbocycles. The second-order valence-electron chi connectivity index (χ2n) is 6.84. The number of hydrogen-bond donors (Lipinski definition) is 2. The Bertz CT molecular complexity index is 322. The van der Waals surface area contributed by atoms with Crippen LogP contribution in [-0.4, -0.2) is 49.1 Å². The van der Waals surface area contributed by atoms with Gasteiger partial charge in [0, 0.05) is 19.1 Å². The third-order valence-electron chi connectivity index (χ3n) is 5.33. The van der Waals surface area contributed by atoms with Gasteiger partial charge in [-0.3, -0.25) is 4.79 Å². The van der Waals surface area contributed by atoms with Crippen molar-refractivity contribution < 1.29 is 4.79 Å². The molecule has 2 aliphatic heterocycles. The molecule has 2 saturated heterocycles. The summed E-state index contributed by atoms with van der Waals surface area (Å²) in [5, 5.41) is 6.45. The van der Waals surface area contributed by atoms with Gasteiger partial charge < -0.3 is 15.5 Å². The van der Waals surface area contributed by atoms with E-state index < -0.39 is 0 Å². The molecule has 4 heteroatoms. The first-order valence-electron chi connectivity index (χ1n) is 8.58. The van der Waals surface area contributed by atoms with Crippen LogP contribution in [0.2, 0.25) is 0 Å². The number of rotatable bonds is 4. The summed E-state index contributed by atoms with van der Waals surface area (Å²) < 4.78 is 0. The molecular formula is C16H29N3O. The molecule has 4 nitrogen and oxygen atoms in total. The maximum atomic E-state index is 12.0. The quantitative estimate of drug-likeness (QED) is 0.820. The van der Waals surface area contributed by atoms with E-state index in [0.717, 1.165) is 32.0 Å². The van der Waals surface area contributed by atoms with E-state index in [1.165, 1.54) is 51.6 Å². The second-order valence-corrected chi connectivity index (χ2v) is 6.84. The molecule has 2 heterocycles. The number of amides is 1. The summed E-state index contributed by atoms with van der Waals surface area (Å²) in [4.78, 5) is 14.7. The number of nitrogens with zero attached hydrogens (tertiary/aromatic N) is 1. The number of carbonyl (C=O) groups excluding carboxylic acids is 1. The average Bonchev–Trinajstić information content (AvgIpc) is 3.17. The summed E-state index contributed by atoms with van der Waals surface area (Å²) in [6.45, 7) is 4.35. The van der Waals surface area contributed by atoms with Crippen LogP contribution in [0.3, 0.4) is 0 Å². The van der Waals surface area contributed by atoms with Crippen LogP contribution in [0.5, 0.6) is 0 Å². The minimum absolute atomic E-state index is 0.0736. The van der Waals surface area contributed by atoms with Crippen LogP contribution >= 0.6 is 0 Å². The summed E-state index contributed by atoms with van der Waals surface area (Å²) in [6.07, 6.45) is 10.3. The summed E-state index contributed by atoms with van der Waals surface area (Å²) in [5.41, 5.74) is 0. The van der Waals surface area contributed by atoms with E-state index >= 15 is 0 Å². The molecule has 0 aromatic rings. The van der Waals surface area contributed by atoms with Gasteiger partial charge in [-0.05, 0) is 57.5 Å². The highest BCUT2D eigenvalue weighted by Gasteiger charge is 2.28. The Kier molecular flexibility index (Phi) is 4.94. The van der Waals surface area contributed by atoms with Crippen LogP contribution in [0.15, 0.2) is 0 Å². The smallest absolute Gasteiger partial charge is 0.237 e. The molecule has 0 aromatic carbocycles. The molecule has 20 heavy (non-hydrogen) atoms. The van der Waals surface area contributed by atoms with Crippen molar-refractivity contribution in [2.24, 2.45) is 5.92 Å². The van der Waals surface area contributed by atoms with Gasteiger partial charge >= 0.3 is 0 Å². The van der Waals surface area contributed by atoms with Crippen molar-refractivity contribution in [3.05, 3.63) is 0 Å². The van der Waals surface area contributed by atoms with Crippen LogP contribution in [0.1, 0.15) is 51.4 Å². The second kappa shape index (κ2) is 6.90. The van der Waals surface area contributed by atoms with Crippen LogP contribution < -0.4 is 10.6 Å². The lowest BCUT2D eigenvalue weighted by Gasteiger charge is -2.37. The van der Waals surface area contributed by atoms with Crippen molar-refractivity contribution in [2.75, 3.05) is 26.2 Å². The van der Waals surface area contributed by atoms with Crippen molar-refractivity contribution in [1.29, 1.82) is 0 Å². The van der Waals surface area contributed by atoms with Crippen molar-refractivity contribution >= 4 is 5.91 Å². The zero-order chi connectivity index (χ0) is 13.8. The first-order valence-corrected chi connectivity index (χ1v) is 8.58. The average molecular weight is 279 g/mol. The Labute approximate surface area is 122 Å². The van der Waals surface area contributed by atoms with E-state index in [0.29, 0.717) is 5.92 Å². The highest BCUT2D eigenvalue weighted by molar-refractivity contribution is 5.81. The molecule has 2 atom stereocenters. The van der Waals surface area contributed by atoms with E-state index in [1.807, 2.05) is 0 Å². The summed E-state index contributed by atoms with van der Waals surface area (Å²) in [6, 6.07) is 0.912. The Morgan fingerprint density at radius 2 is 1.95 bits per heavy atom. The van der Waals surface area contributed by atoms with Crippen LogP contribution in [-0.2, 0) is 4.79 Å². The molecule has 3 aliphatic rings. The van der Waals surface area contributed by atoms with Crippen LogP contribution in [0, 0.1) is 5.92 Å². The van der Waals surface area contributed by atoms with E-state index in [2.05, 4.69) is 15.5 Å². The van der Waals surface area contributed by atoms with E-state index in [4.69, 9.17) is 0 Å². The van der Waals surface area contributed by atoms with Gasteiger partial charge in [-0.1, -0.05) is 12.8 Å². The molecule has 3 rings (SSSR count). The van der Waals surface area contributed by atoms with Crippen LogP contribution in [0.4, 0.5) is 0 Å². The van der Waals surface area contributed by atoms with Gasteiger partial charge in [-0.15, -0.1) is 0 Å². The highest BCUT2D eigenvalue weighted by atomic mass is 16.2. The predicted molar refractivity (Wildman–Crippen MR) is 80.6 cm³/mol. The topological polar surface area (TPSA) is 44.4 Å². The van der Waals surface area contributed by atoms with E-state index in [-0.39, 0.29) is 11.9 Å². The maximum absolute atomic E-state index is 12.0. The van der Waals surface area contributed by atoms with E-state index in [1.54, 1.807) is 0 Å². The molecule has 0 spiro atoms. The zero-order valence-electron chi connectivity index (χ0n) is 12.6. The van der Waals surface area contributed by atoms with Gasteiger partial charge in [-0.25, -0.2) is 0 Å². The number of nitrogens with one attached hydrogen (secondary N) is 2. The fourth-order valence-corrected chi connectivity index (χ4v) is 4.14. The van der Waals surface area contributed by atoms with Crippen LogP contribution in [0.25, 0.3) is 0 Å². The summed E-state index contributed by atoms with van der Waals surface area (Å²) >= 11 is 0. The molecule has 0 bridgehead atoms. The van der Waals surface area contributed by atoms with Crippen molar-refractivity contribution in [3.63, 3.8) is 0 Å². The normalized spacial score (nSPS) is 32.6. The number of likely N-dealkylation sites (tertiary alicyclic amines) is 1. The summed E-state index contributed by atoms with van der Waals surface area (Å²) in [5.74, 6) is 0.884. The third-order valence-corrected chi connectivity index (χ3v) is 5.33. The fraction of sp³-hybridized carbons (Fsp3) is 0.938. The lowest BCUT2D eigenvalue weighted by molar-refractivity contribution is -0.123. The molecule has 114 valence electrons. The number of hydrogen-bond acceptors (Lipinski definition) is 3. The van der Waals surface area contributed by atoms with Crippen molar-refractivity contribution in [3.8, 4) is 0 Å². The van der Waals surface area contributed by atoms with Gasteiger partial charge in [0.2, 0.25) is 5.91 Å². The molecule has 2 N–H and O–H groups in total. The molecule has 0 aromatic heterocycles. The Morgan fingerprint density at radius 1 is 1.10 bits per heavy atom.